The first-order valence-corrected chi connectivity index (χ1v) is 24.4. The number of esters is 2. The zero-order chi connectivity index (χ0) is 48.0. The number of ketones is 2. The lowest BCUT2D eigenvalue weighted by atomic mass is 9.81. The van der Waals surface area contributed by atoms with Gasteiger partial charge in [0.15, 0.2) is 0 Å². The van der Waals surface area contributed by atoms with Gasteiger partial charge in [-0.1, -0.05) is 77.2 Å². The summed E-state index contributed by atoms with van der Waals surface area (Å²) < 4.78 is 29.8. The molecule has 0 unspecified atom stereocenters. The fraction of sp³-hybridized carbons (Fsp3) is 0.784. The summed E-state index contributed by atoms with van der Waals surface area (Å²) in [5.41, 5.74) is 1.52. The van der Waals surface area contributed by atoms with Crippen LogP contribution < -0.4 is 0 Å². The van der Waals surface area contributed by atoms with Crippen LogP contribution in [-0.4, -0.2) is 125 Å². The summed E-state index contributed by atoms with van der Waals surface area (Å²) >= 11 is 0. The highest BCUT2D eigenvalue weighted by Crippen LogP contribution is 2.39. The number of ether oxygens (including phenoxy) is 5. The molecule has 0 radical (unpaired) electrons. The van der Waals surface area contributed by atoms with E-state index in [1.165, 1.54) is 7.11 Å². The molecule has 2 bridgehead atoms. The number of unbranched alkanes of at least 4 members (excludes halogenated alkanes) is 4. The normalized spacial score (nSPS) is 37.3. The molecule has 14 heteroatoms. The van der Waals surface area contributed by atoms with Crippen LogP contribution in [0.2, 0.25) is 0 Å². The van der Waals surface area contributed by atoms with E-state index in [1.807, 2.05) is 32.9 Å². The van der Waals surface area contributed by atoms with Gasteiger partial charge < -0.3 is 43.9 Å². The second-order valence-corrected chi connectivity index (χ2v) is 19.7. The van der Waals surface area contributed by atoms with Gasteiger partial charge in [0, 0.05) is 51.4 Å². The van der Waals surface area contributed by atoms with Crippen molar-refractivity contribution in [1.29, 1.82) is 0 Å². The third-order valence-electron chi connectivity index (χ3n) is 14.3. The van der Waals surface area contributed by atoms with Crippen molar-refractivity contribution in [2.75, 3.05) is 20.8 Å². The number of Topliss-reactive ketones (excluding diaryl/α,β-unsaturated/α-hetero) is 2. The average molecular weight is 916 g/mol. The number of rotatable bonds is 13. The fourth-order valence-electron chi connectivity index (χ4n) is 10.4. The van der Waals surface area contributed by atoms with Gasteiger partial charge in [-0.15, -0.1) is 6.58 Å². The molecule has 368 valence electrons. The maximum absolute atomic E-state index is 14.5. The number of fused-ring (bicyclic) bond motifs is 3. The van der Waals surface area contributed by atoms with Gasteiger partial charge in [-0.05, 0) is 102 Å². The summed E-state index contributed by atoms with van der Waals surface area (Å²) in [4.78, 5) is 70.9. The molecule has 3 fully saturated rings. The summed E-state index contributed by atoms with van der Waals surface area (Å²) in [6.07, 6.45) is 8.93. The predicted octanol–water partition coefficient (Wildman–Crippen LogP) is 6.90. The predicted molar refractivity (Wildman–Crippen MR) is 245 cm³/mol. The molecule has 0 aromatic rings. The first-order valence-electron chi connectivity index (χ1n) is 24.4. The van der Waals surface area contributed by atoms with Crippen molar-refractivity contribution in [2.45, 2.75) is 205 Å². The minimum atomic E-state index is -2.61. The van der Waals surface area contributed by atoms with Gasteiger partial charge in [0.05, 0.1) is 24.4 Å². The van der Waals surface area contributed by atoms with Gasteiger partial charge in [-0.3, -0.25) is 19.2 Å². The summed E-state index contributed by atoms with van der Waals surface area (Å²) in [5, 5.41) is 35.3. The van der Waals surface area contributed by atoms with E-state index in [0.29, 0.717) is 56.9 Å². The van der Waals surface area contributed by atoms with Gasteiger partial charge in [0.25, 0.3) is 11.7 Å². The van der Waals surface area contributed by atoms with Crippen LogP contribution in [0.15, 0.2) is 36.0 Å². The van der Waals surface area contributed by atoms with E-state index >= 15 is 0 Å². The van der Waals surface area contributed by atoms with E-state index < -0.39 is 83.9 Å². The summed E-state index contributed by atoms with van der Waals surface area (Å²) in [6, 6.07) is -1.19. The van der Waals surface area contributed by atoms with Crippen molar-refractivity contribution in [3.63, 3.8) is 0 Å². The lowest BCUT2D eigenvalue weighted by molar-refractivity contribution is -0.301. The molecular formula is C51H81NO13. The molecule has 14 nitrogen and oxygen atoms in total. The van der Waals surface area contributed by atoms with Crippen LogP contribution in [0.4, 0.5) is 0 Å². The van der Waals surface area contributed by atoms with E-state index in [9.17, 15) is 39.3 Å². The quantitative estimate of drug-likeness (QED) is 0.0749. The standard InChI is InChI=1S/C51H81NO13/c1-10-12-13-14-15-20-45(56)63-42-22-21-36(29-43(42)61-8)27-33(5)46-35(7)39(53)30-40(54)37(18-11-2)25-31(3)24-32(4)26-41(55)47-44(62-9)28-34(6)51(60,65-47)48(57)49(58)52-23-17-16-19-38(52)50(59)64-46/h11,25,27,32,34-39,41-44,46-47,53,55,60H,2,10,12-24,26,28-30H2,1,3-9H3/b31-25+,33-27+/t32-,34+,35+,36-,37+,38-,39-,41-,42+,43+,44-,46+,47+,51+/m0/s1. The molecule has 2 saturated heterocycles. The molecule has 4 rings (SSSR count). The topological polar surface area (TPSA) is 195 Å². The Morgan fingerprint density at radius 3 is 2.31 bits per heavy atom. The Morgan fingerprint density at radius 1 is 0.923 bits per heavy atom. The molecule has 0 aromatic heterocycles. The SMILES string of the molecule is C=CC[C@@H]1/C=C(\C)C[C@H](C)C[C@H](O)[C@H]2O[C@@](O)(C(=O)C(=O)N3CCCC[C@H]3C(=O)O[C@H](/C(C)=C/[C@@H]3CC[C@@H](OC(=O)CCCCCCC)[C@H](OC)C3)[C@H](C)[C@@H](O)CC1=O)[C@H](C)C[C@@H]2OC. The molecule has 14 atom stereocenters. The average Bonchev–Trinajstić information content (AvgIpc) is 3.27. The Balaban J connectivity index is 1.68. The minimum Gasteiger partial charge on any atom is -0.460 e. The van der Waals surface area contributed by atoms with Gasteiger partial charge in [-0.2, -0.15) is 0 Å². The Hall–Kier alpha value is -3.27. The van der Waals surface area contributed by atoms with E-state index in [2.05, 4.69) is 13.5 Å². The highest BCUT2D eigenvalue weighted by Gasteiger charge is 2.56. The lowest BCUT2D eigenvalue weighted by Gasteiger charge is -2.46. The van der Waals surface area contributed by atoms with Crippen molar-refractivity contribution in [2.24, 2.45) is 29.6 Å². The molecule has 3 aliphatic heterocycles. The number of carbonyl (C=O) groups is 5. The van der Waals surface area contributed by atoms with Crippen LogP contribution in [-0.2, 0) is 47.7 Å². The van der Waals surface area contributed by atoms with Gasteiger partial charge in [-0.25, -0.2) is 4.79 Å². The van der Waals surface area contributed by atoms with Crippen molar-refractivity contribution in [3.05, 3.63) is 36.0 Å². The second kappa shape index (κ2) is 25.7. The first kappa shape index (κ1) is 54.3. The second-order valence-electron chi connectivity index (χ2n) is 19.7. The zero-order valence-electron chi connectivity index (χ0n) is 40.5. The lowest BCUT2D eigenvalue weighted by Crippen LogP contribution is -2.64. The highest BCUT2D eigenvalue weighted by molar-refractivity contribution is 6.39. The number of hydrogen-bond donors (Lipinski definition) is 3. The summed E-state index contributed by atoms with van der Waals surface area (Å²) in [6.45, 7) is 15.0. The third-order valence-corrected chi connectivity index (χ3v) is 14.3. The Kier molecular flexibility index (Phi) is 21.5. The molecule has 1 amide bonds. The maximum Gasteiger partial charge on any atom is 0.329 e. The smallest absolute Gasteiger partial charge is 0.329 e. The Morgan fingerprint density at radius 2 is 1.63 bits per heavy atom. The molecule has 4 aliphatic rings. The van der Waals surface area contributed by atoms with E-state index in [-0.39, 0.29) is 61.9 Å². The van der Waals surface area contributed by atoms with Gasteiger partial charge >= 0.3 is 11.9 Å². The number of piperidine rings is 1. The molecule has 0 spiro atoms. The van der Waals surface area contributed by atoms with Crippen LogP contribution >= 0.6 is 0 Å². The van der Waals surface area contributed by atoms with Crippen LogP contribution in [0.3, 0.4) is 0 Å². The number of allylic oxidation sites excluding steroid dienone is 4. The number of nitrogens with zero attached hydrogens (tertiary/aromatic N) is 1. The van der Waals surface area contributed by atoms with Crippen LogP contribution in [0.25, 0.3) is 0 Å². The van der Waals surface area contributed by atoms with Crippen LogP contribution in [0.5, 0.6) is 0 Å². The van der Waals surface area contributed by atoms with Crippen LogP contribution in [0.1, 0.15) is 151 Å². The largest absolute Gasteiger partial charge is 0.460 e. The summed E-state index contributed by atoms with van der Waals surface area (Å²) in [7, 11) is 3.06. The molecule has 3 heterocycles. The molecule has 1 aliphatic carbocycles. The number of carbonyl (C=O) groups excluding carboxylic acids is 5. The maximum atomic E-state index is 14.5. The molecule has 0 aromatic carbocycles. The van der Waals surface area contributed by atoms with E-state index in [0.717, 1.165) is 42.6 Å². The number of amides is 1. The third kappa shape index (κ3) is 14.6. The van der Waals surface area contributed by atoms with E-state index in [1.54, 1.807) is 27.0 Å². The highest BCUT2D eigenvalue weighted by atomic mass is 16.7. The monoisotopic (exact) mass is 916 g/mol. The van der Waals surface area contributed by atoms with E-state index in [4.69, 9.17) is 23.7 Å². The number of aliphatic hydroxyl groups excluding tert-OH is 2. The van der Waals surface area contributed by atoms with Crippen molar-refractivity contribution < 1.29 is 63.0 Å². The van der Waals surface area contributed by atoms with Crippen LogP contribution in [0, 0.1) is 29.6 Å². The van der Waals surface area contributed by atoms with Crippen molar-refractivity contribution >= 4 is 29.4 Å². The minimum absolute atomic E-state index is 0.0490. The Bertz CT molecular complexity index is 1680. The molecule has 1 saturated carbocycles. The number of methoxy groups -OCH3 is 2. The number of hydrogen-bond acceptors (Lipinski definition) is 13. The first-order chi connectivity index (χ1) is 30.9. The Labute approximate surface area is 387 Å². The molecule has 65 heavy (non-hydrogen) atoms. The fourth-order valence-corrected chi connectivity index (χ4v) is 10.4. The van der Waals surface area contributed by atoms with Crippen molar-refractivity contribution in [3.8, 4) is 0 Å². The van der Waals surface area contributed by atoms with Gasteiger partial charge in [0.2, 0.25) is 5.79 Å². The number of aliphatic hydroxyl groups is 3. The molecule has 3 N–H and O–H groups in total. The number of cyclic esters (lactones) is 1. The van der Waals surface area contributed by atoms with Crippen molar-refractivity contribution in [1.82, 2.24) is 4.90 Å². The summed E-state index contributed by atoms with van der Waals surface area (Å²) in [5.74, 6) is -8.62. The molecular weight excluding hydrogens is 835 g/mol. The van der Waals surface area contributed by atoms with Gasteiger partial charge in [0.1, 0.15) is 30.1 Å². The zero-order valence-corrected chi connectivity index (χ0v) is 40.5.